The fourth-order valence-corrected chi connectivity index (χ4v) is 1.72. The van der Waals surface area contributed by atoms with E-state index < -0.39 is 0 Å². The zero-order valence-corrected chi connectivity index (χ0v) is 10.1. The van der Waals surface area contributed by atoms with Crippen molar-refractivity contribution in [2.24, 2.45) is 5.92 Å². The Labute approximate surface area is 98.7 Å². The Morgan fingerprint density at radius 1 is 1.60 bits per heavy atom. The van der Waals surface area contributed by atoms with E-state index in [0.717, 1.165) is 0 Å². The van der Waals surface area contributed by atoms with Crippen LogP contribution in [0.1, 0.15) is 24.2 Å². The van der Waals surface area contributed by atoms with Crippen molar-refractivity contribution in [3.05, 3.63) is 23.1 Å². The highest BCUT2D eigenvalue weighted by Gasteiger charge is 2.19. The molecule has 5 heteroatoms. The lowest BCUT2D eigenvalue weighted by molar-refractivity contribution is 0.0931. The van der Waals surface area contributed by atoms with Gasteiger partial charge in [-0.1, -0.05) is 13.8 Å². The topological polar surface area (TPSA) is 42.2 Å². The minimum atomic E-state index is -0.256. The Morgan fingerprint density at radius 3 is 2.67 bits per heavy atom. The zero-order valence-electron chi connectivity index (χ0n) is 8.59. The van der Waals surface area contributed by atoms with Crippen LogP contribution in [-0.2, 0) is 0 Å². The summed E-state index contributed by atoms with van der Waals surface area (Å²) in [6.45, 7) is 3.98. The molecule has 0 aromatic carbocycles. The van der Waals surface area contributed by atoms with Gasteiger partial charge in [0.15, 0.2) is 0 Å². The van der Waals surface area contributed by atoms with Crippen molar-refractivity contribution in [1.82, 2.24) is 5.32 Å². The average Bonchev–Trinajstić information content (AvgIpc) is 2.60. The van der Waals surface area contributed by atoms with Crippen LogP contribution in [0.3, 0.4) is 0 Å². The normalized spacial score (nSPS) is 12.9. The van der Waals surface area contributed by atoms with Gasteiger partial charge in [-0.25, -0.2) is 0 Å². The van der Waals surface area contributed by atoms with Gasteiger partial charge >= 0.3 is 0 Å². The first kappa shape index (κ1) is 12.4. The molecule has 1 aromatic rings. The molecule has 1 atom stereocenters. The number of amides is 1. The largest absolute Gasteiger partial charge is 0.452 e. The molecule has 1 amide bonds. The van der Waals surface area contributed by atoms with E-state index in [4.69, 9.17) is 27.6 Å². The Kier molecular flexibility index (Phi) is 4.48. The van der Waals surface area contributed by atoms with Gasteiger partial charge in [-0.05, 0) is 23.6 Å². The summed E-state index contributed by atoms with van der Waals surface area (Å²) in [6, 6.07) is 1.47. The molecule has 1 rings (SSSR count). The van der Waals surface area contributed by atoms with E-state index >= 15 is 0 Å². The minimum absolute atomic E-state index is 0.0647. The number of nitrogens with one attached hydrogen (secondary N) is 1. The van der Waals surface area contributed by atoms with Crippen molar-refractivity contribution in [2.45, 2.75) is 19.9 Å². The van der Waals surface area contributed by atoms with Gasteiger partial charge in [0.2, 0.25) is 5.22 Å². The van der Waals surface area contributed by atoms with E-state index in [1.165, 1.54) is 12.3 Å². The van der Waals surface area contributed by atoms with E-state index in [-0.39, 0.29) is 23.1 Å². The second-order valence-electron chi connectivity index (χ2n) is 3.59. The molecule has 0 aliphatic carbocycles. The van der Waals surface area contributed by atoms with E-state index in [0.29, 0.717) is 11.4 Å². The van der Waals surface area contributed by atoms with Gasteiger partial charge in [0.1, 0.15) is 0 Å². The number of hydrogen-bond acceptors (Lipinski definition) is 2. The first-order valence-electron chi connectivity index (χ1n) is 4.66. The van der Waals surface area contributed by atoms with Crippen molar-refractivity contribution in [3.63, 3.8) is 0 Å². The molecular weight excluding hydrogens is 237 g/mol. The number of rotatable bonds is 4. The second-order valence-corrected chi connectivity index (χ2v) is 4.24. The predicted molar refractivity (Wildman–Crippen MR) is 60.5 cm³/mol. The maximum absolute atomic E-state index is 11.7. The molecule has 0 fully saturated rings. The molecule has 0 spiro atoms. The third-order valence-electron chi connectivity index (χ3n) is 2.15. The number of carbonyl (C=O) groups is 1. The van der Waals surface area contributed by atoms with Crippen molar-refractivity contribution in [2.75, 3.05) is 5.88 Å². The fourth-order valence-electron chi connectivity index (χ4n) is 1.09. The molecule has 84 valence electrons. The molecule has 1 aromatic heterocycles. The summed E-state index contributed by atoms with van der Waals surface area (Å²) in [7, 11) is 0. The first-order valence-corrected chi connectivity index (χ1v) is 5.57. The van der Waals surface area contributed by atoms with E-state index in [1.54, 1.807) is 0 Å². The number of furan rings is 1. The van der Waals surface area contributed by atoms with Crippen LogP contribution in [0.15, 0.2) is 16.7 Å². The number of alkyl halides is 1. The lowest BCUT2D eigenvalue weighted by atomic mass is 10.1. The molecule has 0 aliphatic rings. The fraction of sp³-hybridized carbons (Fsp3) is 0.500. The third-order valence-corrected chi connectivity index (χ3v) is 2.78. The van der Waals surface area contributed by atoms with Crippen molar-refractivity contribution in [3.8, 4) is 0 Å². The SMILES string of the molecule is CC(C)C(CCl)NC(=O)c1ccoc1Cl. The quantitative estimate of drug-likeness (QED) is 0.835. The van der Waals surface area contributed by atoms with Crippen molar-refractivity contribution in [1.29, 1.82) is 0 Å². The van der Waals surface area contributed by atoms with Gasteiger partial charge < -0.3 is 9.73 Å². The summed E-state index contributed by atoms with van der Waals surface area (Å²) in [5, 5.41) is 2.90. The van der Waals surface area contributed by atoms with Gasteiger partial charge in [-0.15, -0.1) is 11.6 Å². The highest BCUT2D eigenvalue weighted by Crippen LogP contribution is 2.17. The van der Waals surface area contributed by atoms with E-state index in [1.807, 2.05) is 13.8 Å². The van der Waals surface area contributed by atoms with Crippen LogP contribution in [0.5, 0.6) is 0 Å². The summed E-state index contributed by atoms with van der Waals surface area (Å²) in [5.41, 5.74) is 0.340. The molecule has 0 saturated heterocycles. The lowest BCUT2D eigenvalue weighted by Gasteiger charge is -2.19. The van der Waals surface area contributed by atoms with Crippen LogP contribution in [0.2, 0.25) is 5.22 Å². The summed E-state index contributed by atoms with van der Waals surface area (Å²) < 4.78 is 4.83. The molecule has 0 radical (unpaired) electrons. The molecular formula is C10H13Cl2NO2. The van der Waals surface area contributed by atoms with Crippen LogP contribution in [0, 0.1) is 5.92 Å². The van der Waals surface area contributed by atoms with Gasteiger partial charge in [-0.3, -0.25) is 4.79 Å². The molecule has 1 N–H and O–H groups in total. The second kappa shape index (κ2) is 5.42. The summed E-state index contributed by atoms with van der Waals surface area (Å²) >= 11 is 11.4. The molecule has 0 saturated carbocycles. The van der Waals surface area contributed by atoms with Gasteiger partial charge in [-0.2, -0.15) is 0 Å². The summed E-state index contributed by atoms with van der Waals surface area (Å²) in [4.78, 5) is 11.7. The van der Waals surface area contributed by atoms with Gasteiger partial charge in [0.25, 0.3) is 5.91 Å². The summed E-state index contributed by atoms with van der Waals surface area (Å²) in [6.07, 6.45) is 1.38. The smallest absolute Gasteiger partial charge is 0.256 e. The number of halogens is 2. The van der Waals surface area contributed by atoms with Crippen molar-refractivity contribution < 1.29 is 9.21 Å². The Balaban J connectivity index is 2.67. The van der Waals surface area contributed by atoms with Gasteiger partial charge in [0.05, 0.1) is 11.8 Å². The Morgan fingerprint density at radius 2 is 2.27 bits per heavy atom. The van der Waals surface area contributed by atoms with Crippen LogP contribution in [0.25, 0.3) is 0 Å². The van der Waals surface area contributed by atoms with Crippen LogP contribution < -0.4 is 5.32 Å². The molecule has 3 nitrogen and oxygen atoms in total. The maximum Gasteiger partial charge on any atom is 0.256 e. The van der Waals surface area contributed by atoms with Crippen LogP contribution in [0.4, 0.5) is 0 Å². The highest BCUT2D eigenvalue weighted by atomic mass is 35.5. The van der Waals surface area contributed by atoms with Crippen LogP contribution in [-0.4, -0.2) is 17.8 Å². The number of carbonyl (C=O) groups excluding carboxylic acids is 1. The van der Waals surface area contributed by atoms with E-state index in [9.17, 15) is 4.79 Å². The van der Waals surface area contributed by atoms with Gasteiger partial charge in [0, 0.05) is 11.9 Å². The Hall–Kier alpha value is -0.670. The average molecular weight is 250 g/mol. The summed E-state index contributed by atoms with van der Waals surface area (Å²) in [5.74, 6) is 0.393. The van der Waals surface area contributed by atoms with E-state index in [2.05, 4.69) is 5.32 Å². The Bertz CT molecular complexity index is 336. The third kappa shape index (κ3) is 3.14. The van der Waals surface area contributed by atoms with Crippen molar-refractivity contribution >= 4 is 29.1 Å². The molecule has 15 heavy (non-hydrogen) atoms. The molecule has 0 bridgehead atoms. The molecule has 0 aliphatic heterocycles. The predicted octanol–water partition coefficient (Wildman–Crippen LogP) is 2.93. The standard InChI is InChI=1S/C10H13Cl2NO2/c1-6(2)8(5-11)13-10(14)7-3-4-15-9(7)12/h3-4,6,8H,5H2,1-2H3,(H,13,14). The lowest BCUT2D eigenvalue weighted by Crippen LogP contribution is -2.39. The first-order chi connectivity index (χ1) is 7.06. The molecule has 1 unspecified atom stereocenters. The van der Waals surface area contributed by atoms with Crippen LogP contribution >= 0.6 is 23.2 Å². The zero-order chi connectivity index (χ0) is 11.4. The number of hydrogen-bond donors (Lipinski definition) is 1. The molecule has 1 heterocycles. The monoisotopic (exact) mass is 249 g/mol. The minimum Gasteiger partial charge on any atom is -0.452 e. The highest BCUT2D eigenvalue weighted by molar-refractivity contribution is 6.32. The maximum atomic E-state index is 11.7.